The van der Waals surface area contributed by atoms with E-state index >= 15 is 0 Å². The molecule has 2 aliphatic rings. The number of halogens is 1. The molecule has 2 rings (SSSR count). The van der Waals surface area contributed by atoms with E-state index in [1.54, 1.807) is 0 Å². The summed E-state index contributed by atoms with van der Waals surface area (Å²) < 4.78 is 0. The van der Waals surface area contributed by atoms with Crippen LogP contribution < -0.4 is 0 Å². The molecule has 12 heavy (non-hydrogen) atoms. The summed E-state index contributed by atoms with van der Waals surface area (Å²) in [5.41, 5.74) is -0.355. The molecule has 2 aliphatic carbocycles. The molecule has 2 saturated carbocycles. The van der Waals surface area contributed by atoms with Crippen LogP contribution in [0, 0.1) is 17.3 Å². The van der Waals surface area contributed by atoms with Crippen LogP contribution in [0.25, 0.3) is 0 Å². The van der Waals surface area contributed by atoms with Gasteiger partial charge in [-0.25, -0.2) is 0 Å². The zero-order chi connectivity index (χ0) is 9.15. The number of alkyl halides is 1. The molecule has 0 saturated heterocycles. The van der Waals surface area contributed by atoms with Crippen LogP contribution in [-0.4, -0.2) is 15.5 Å². The normalized spacial score (nSPS) is 56.2. The van der Waals surface area contributed by atoms with E-state index in [9.17, 15) is 5.11 Å². The van der Waals surface area contributed by atoms with Gasteiger partial charge in [-0.2, -0.15) is 0 Å². The van der Waals surface area contributed by atoms with Crippen LogP contribution in [0.1, 0.15) is 33.6 Å². The van der Waals surface area contributed by atoms with Crippen molar-refractivity contribution in [2.45, 2.75) is 44.0 Å². The zero-order valence-corrected chi connectivity index (χ0v) is 9.56. The Kier molecular flexibility index (Phi) is 1.70. The predicted octanol–water partition coefficient (Wildman–Crippen LogP) is 2.57. The third-order valence-electron chi connectivity index (χ3n) is 4.53. The van der Waals surface area contributed by atoms with Crippen LogP contribution in [0.4, 0.5) is 0 Å². The fraction of sp³-hybridized carbons (Fsp3) is 1.00. The molecular formula is C10H17BrO. The summed E-state index contributed by atoms with van der Waals surface area (Å²) >= 11 is 3.66. The molecule has 0 aromatic heterocycles. The zero-order valence-electron chi connectivity index (χ0n) is 7.97. The van der Waals surface area contributed by atoms with Crippen LogP contribution in [0.2, 0.25) is 0 Å². The number of fused-ring (bicyclic) bond motifs is 2. The molecule has 70 valence electrons. The van der Waals surface area contributed by atoms with E-state index < -0.39 is 5.60 Å². The fourth-order valence-corrected chi connectivity index (χ4v) is 4.23. The first-order valence-electron chi connectivity index (χ1n) is 4.74. The molecule has 0 heterocycles. The molecule has 2 heteroatoms. The fourth-order valence-electron chi connectivity index (χ4n) is 3.05. The summed E-state index contributed by atoms with van der Waals surface area (Å²) in [6, 6.07) is 0. The molecule has 0 aliphatic heterocycles. The Labute approximate surface area is 82.7 Å². The molecule has 4 atom stereocenters. The summed E-state index contributed by atoms with van der Waals surface area (Å²) in [4.78, 5) is 0.547. The minimum absolute atomic E-state index is 0.113. The Balaban J connectivity index is 2.36. The van der Waals surface area contributed by atoms with Crippen LogP contribution >= 0.6 is 15.9 Å². The molecule has 0 aromatic carbocycles. The summed E-state index contributed by atoms with van der Waals surface area (Å²) in [6.07, 6.45) is 2.45. The van der Waals surface area contributed by atoms with Crippen LogP contribution in [-0.2, 0) is 0 Å². The van der Waals surface area contributed by atoms with Crippen molar-refractivity contribution in [1.29, 1.82) is 0 Å². The molecule has 0 radical (unpaired) electrons. The second-order valence-electron chi connectivity index (χ2n) is 5.16. The van der Waals surface area contributed by atoms with Crippen LogP contribution in [0.3, 0.4) is 0 Å². The lowest BCUT2D eigenvalue weighted by Crippen LogP contribution is -2.49. The van der Waals surface area contributed by atoms with Gasteiger partial charge in [0.05, 0.1) is 5.60 Å². The van der Waals surface area contributed by atoms with Gasteiger partial charge in [0.2, 0.25) is 0 Å². The van der Waals surface area contributed by atoms with Gasteiger partial charge in [-0.3, -0.25) is 0 Å². The van der Waals surface area contributed by atoms with Gasteiger partial charge in [-0.1, -0.05) is 29.8 Å². The molecule has 0 spiro atoms. The van der Waals surface area contributed by atoms with Gasteiger partial charge in [0.15, 0.2) is 0 Å². The Bertz CT molecular complexity index is 210. The summed E-state index contributed by atoms with van der Waals surface area (Å²) in [5, 5.41) is 10.4. The van der Waals surface area contributed by atoms with Crippen molar-refractivity contribution in [2.75, 3.05) is 0 Å². The minimum Gasteiger partial charge on any atom is -0.389 e. The van der Waals surface area contributed by atoms with Gasteiger partial charge in [0.1, 0.15) is 0 Å². The maximum Gasteiger partial charge on any atom is 0.0711 e. The lowest BCUT2D eigenvalue weighted by atomic mass is 9.66. The minimum atomic E-state index is -0.468. The topological polar surface area (TPSA) is 20.2 Å². The SMILES string of the molecule is CC1(C)C2CC(Br)C(C2)C1(C)O. The first-order chi connectivity index (χ1) is 5.37. The highest BCUT2D eigenvalue weighted by atomic mass is 79.9. The number of hydrogen-bond donors (Lipinski definition) is 1. The summed E-state index contributed by atoms with van der Waals surface area (Å²) in [5.74, 6) is 1.18. The van der Waals surface area contributed by atoms with Crippen LogP contribution in [0.15, 0.2) is 0 Å². The van der Waals surface area contributed by atoms with Crippen LogP contribution in [0.5, 0.6) is 0 Å². The van der Waals surface area contributed by atoms with Gasteiger partial charge in [0, 0.05) is 10.7 Å². The quantitative estimate of drug-likeness (QED) is 0.637. The van der Waals surface area contributed by atoms with E-state index in [0.717, 1.165) is 0 Å². The van der Waals surface area contributed by atoms with Gasteiger partial charge in [-0.15, -0.1) is 0 Å². The maximum atomic E-state index is 10.4. The standard InChI is InChI=1S/C10H17BrO/c1-9(2)6-4-7(8(11)5-6)10(9,3)12/h6-8,12H,4-5H2,1-3H3. The predicted molar refractivity (Wildman–Crippen MR) is 53.3 cm³/mol. The highest BCUT2D eigenvalue weighted by Gasteiger charge is 2.62. The number of rotatable bonds is 0. The van der Waals surface area contributed by atoms with Gasteiger partial charge >= 0.3 is 0 Å². The highest BCUT2D eigenvalue weighted by Crippen LogP contribution is 2.62. The van der Waals surface area contributed by atoms with Crippen molar-refractivity contribution in [3.63, 3.8) is 0 Å². The van der Waals surface area contributed by atoms with Crippen molar-refractivity contribution in [3.05, 3.63) is 0 Å². The maximum absolute atomic E-state index is 10.4. The molecule has 1 nitrogen and oxygen atoms in total. The lowest BCUT2D eigenvalue weighted by Gasteiger charge is -2.45. The van der Waals surface area contributed by atoms with Crippen molar-refractivity contribution >= 4 is 15.9 Å². The second-order valence-corrected chi connectivity index (χ2v) is 6.34. The summed E-state index contributed by atoms with van der Waals surface area (Å²) in [7, 11) is 0. The smallest absolute Gasteiger partial charge is 0.0711 e. The molecule has 1 N–H and O–H groups in total. The lowest BCUT2D eigenvalue weighted by molar-refractivity contribution is -0.0875. The molecule has 0 amide bonds. The number of hydrogen-bond acceptors (Lipinski definition) is 1. The van der Waals surface area contributed by atoms with E-state index in [0.29, 0.717) is 16.7 Å². The van der Waals surface area contributed by atoms with Gasteiger partial charge < -0.3 is 5.11 Å². The van der Waals surface area contributed by atoms with Crippen molar-refractivity contribution in [1.82, 2.24) is 0 Å². The van der Waals surface area contributed by atoms with Crippen molar-refractivity contribution < 1.29 is 5.11 Å². The first kappa shape index (κ1) is 9.01. The Hall–Kier alpha value is 0.440. The van der Waals surface area contributed by atoms with E-state index in [1.807, 2.05) is 6.92 Å². The van der Waals surface area contributed by atoms with E-state index in [1.165, 1.54) is 12.8 Å². The van der Waals surface area contributed by atoms with Gasteiger partial charge in [0.25, 0.3) is 0 Å². The average Bonchev–Trinajstić information content (AvgIpc) is 2.35. The molecule has 2 fully saturated rings. The van der Waals surface area contributed by atoms with E-state index in [4.69, 9.17) is 0 Å². The van der Waals surface area contributed by atoms with E-state index in [-0.39, 0.29) is 5.41 Å². The second kappa shape index (κ2) is 2.27. The Morgan fingerprint density at radius 3 is 2.17 bits per heavy atom. The Morgan fingerprint density at radius 1 is 1.25 bits per heavy atom. The summed E-state index contributed by atoms with van der Waals surface area (Å²) in [6.45, 7) is 6.41. The third kappa shape index (κ3) is 0.832. The largest absolute Gasteiger partial charge is 0.389 e. The number of aliphatic hydroxyl groups is 1. The molecule has 4 unspecified atom stereocenters. The van der Waals surface area contributed by atoms with Crippen molar-refractivity contribution in [3.8, 4) is 0 Å². The monoisotopic (exact) mass is 232 g/mol. The van der Waals surface area contributed by atoms with Gasteiger partial charge in [-0.05, 0) is 31.1 Å². The molecule has 0 aromatic rings. The highest BCUT2D eigenvalue weighted by molar-refractivity contribution is 9.09. The molecular weight excluding hydrogens is 216 g/mol. The molecule has 2 bridgehead atoms. The third-order valence-corrected chi connectivity index (χ3v) is 5.54. The van der Waals surface area contributed by atoms with Crippen molar-refractivity contribution in [2.24, 2.45) is 17.3 Å². The Morgan fingerprint density at radius 2 is 1.83 bits per heavy atom. The van der Waals surface area contributed by atoms with E-state index in [2.05, 4.69) is 29.8 Å². The first-order valence-corrected chi connectivity index (χ1v) is 5.65. The average molecular weight is 233 g/mol.